The molecule has 4 heterocycles. The highest BCUT2D eigenvalue weighted by atomic mass is 16.2. The first-order valence-electron chi connectivity index (χ1n) is 11.4. The number of nitrogens with one attached hydrogen (secondary N) is 1. The van der Waals surface area contributed by atoms with Crippen molar-refractivity contribution in [1.29, 1.82) is 0 Å². The number of aromatic amines is 1. The van der Waals surface area contributed by atoms with Crippen LogP contribution in [0.25, 0.3) is 0 Å². The summed E-state index contributed by atoms with van der Waals surface area (Å²) in [5.74, 6) is 2.17. The zero-order valence-electron chi connectivity index (χ0n) is 16.8. The molecule has 152 valence electrons. The maximum Gasteiger partial charge on any atom is 0.270 e. The minimum atomic E-state index is 0.131. The second-order valence-electron chi connectivity index (χ2n) is 9.62. The smallest absolute Gasteiger partial charge is 0.270 e. The number of hydrogen-bond donors (Lipinski definition) is 1. The van der Waals surface area contributed by atoms with Gasteiger partial charge in [0, 0.05) is 37.8 Å². The SMILES string of the molecule is O=C(c1ccc[nH]1)N1C[C@H]2C[C@@H](C1)[C@H](CC1CCCCC1)N1C(=O)CCC[C@@H]21. The number of carbonyl (C=O) groups excluding carboxylic acids is 2. The molecule has 4 atom stereocenters. The van der Waals surface area contributed by atoms with Crippen molar-refractivity contribution in [3.05, 3.63) is 24.0 Å². The summed E-state index contributed by atoms with van der Waals surface area (Å²) in [6, 6.07) is 4.47. The third kappa shape index (κ3) is 3.27. The van der Waals surface area contributed by atoms with Crippen LogP contribution >= 0.6 is 0 Å². The average molecular weight is 384 g/mol. The van der Waals surface area contributed by atoms with Crippen molar-refractivity contribution < 1.29 is 9.59 Å². The van der Waals surface area contributed by atoms with Crippen molar-refractivity contribution in [2.75, 3.05) is 13.1 Å². The first-order valence-corrected chi connectivity index (χ1v) is 11.4. The maximum absolute atomic E-state index is 13.0. The Balaban J connectivity index is 1.40. The molecule has 5 nitrogen and oxygen atoms in total. The Morgan fingerprint density at radius 1 is 1.07 bits per heavy atom. The molecule has 2 amide bonds. The lowest BCUT2D eigenvalue weighted by Gasteiger charge is -2.57. The quantitative estimate of drug-likeness (QED) is 0.862. The van der Waals surface area contributed by atoms with Crippen LogP contribution in [0.15, 0.2) is 18.3 Å². The van der Waals surface area contributed by atoms with Gasteiger partial charge in [0.05, 0.1) is 0 Å². The second kappa shape index (κ2) is 7.57. The normalized spacial score (nSPS) is 33.6. The molecule has 1 aromatic rings. The van der Waals surface area contributed by atoms with E-state index < -0.39 is 0 Å². The molecular weight excluding hydrogens is 350 g/mol. The Bertz CT molecular complexity index is 709. The summed E-state index contributed by atoms with van der Waals surface area (Å²) in [5.41, 5.74) is 0.695. The monoisotopic (exact) mass is 383 g/mol. The maximum atomic E-state index is 13.0. The molecule has 4 fully saturated rings. The molecule has 28 heavy (non-hydrogen) atoms. The summed E-state index contributed by atoms with van der Waals surface area (Å²) >= 11 is 0. The zero-order chi connectivity index (χ0) is 19.1. The van der Waals surface area contributed by atoms with E-state index in [0.717, 1.165) is 44.7 Å². The number of aromatic nitrogens is 1. The number of nitrogens with zero attached hydrogens (tertiary/aromatic N) is 2. The molecule has 4 aliphatic rings. The number of H-pyrrole nitrogens is 1. The van der Waals surface area contributed by atoms with E-state index in [2.05, 4.69) is 14.8 Å². The Morgan fingerprint density at radius 2 is 1.89 bits per heavy atom. The van der Waals surface area contributed by atoms with Gasteiger partial charge in [-0.2, -0.15) is 0 Å². The molecule has 3 aliphatic heterocycles. The molecule has 1 saturated carbocycles. The van der Waals surface area contributed by atoms with Gasteiger partial charge in [-0.1, -0.05) is 32.1 Å². The Kier molecular flexibility index (Phi) is 4.93. The van der Waals surface area contributed by atoms with Gasteiger partial charge in [-0.25, -0.2) is 0 Å². The molecule has 2 bridgehead atoms. The summed E-state index contributed by atoms with van der Waals surface area (Å²) in [6.07, 6.45) is 13.7. The van der Waals surface area contributed by atoms with E-state index in [9.17, 15) is 9.59 Å². The highest BCUT2D eigenvalue weighted by Gasteiger charge is 2.50. The predicted molar refractivity (Wildman–Crippen MR) is 108 cm³/mol. The van der Waals surface area contributed by atoms with E-state index in [-0.39, 0.29) is 5.91 Å². The van der Waals surface area contributed by atoms with Gasteiger partial charge in [0.2, 0.25) is 5.91 Å². The lowest BCUT2D eigenvalue weighted by atomic mass is 9.69. The lowest BCUT2D eigenvalue weighted by Crippen LogP contribution is -2.65. The summed E-state index contributed by atoms with van der Waals surface area (Å²) in [4.78, 5) is 33.5. The zero-order valence-corrected chi connectivity index (χ0v) is 16.8. The molecule has 0 radical (unpaired) electrons. The Hall–Kier alpha value is -1.78. The van der Waals surface area contributed by atoms with E-state index in [4.69, 9.17) is 0 Å². The van der Waals surface area contributed by atoms with Gasteiger partial charge in [-0.3, -0.25) is 9.59 Å². The molecular formula is C23H33N3O2. The molecule has 5 rings (SSSR count). The second-order valence-corrected chi connectivity index (χ2v) is 9.62. The van der Waals surface area contributed by atoms with Gasteiger partial charge in [-0.05, 0) is 55.6 Å². The van der Waals surface area contributed by atoms with Crippen LogP contribution in [-0.2, 0) is 4.79 Å². The van der Waals surface area contributed by atoms with Gasteiger partial charge in [-0.15, -0.1) is 0 Å². The first kappa shape index (κ1) is 18.3. The number of likely N-dealkylation sites (tertiary alicyclic amines) is 1. The molecule has 1 aliphatic carbocycles. The van der Waals surface area contributed by atoms with Crippen molar-refractivity contribution in [3.8, 4) is 0 Å². The van der Waals surface area contributed by atoms with Crippen LogP contribution in [0.1, 0.15) is 74.7 Å². The average Bonchev–Trinajstić information content (AvgIpc) is 3.26. The Morgan fingerprint density at radius 3 is 2.68 bits per heavy atom. The fraction of sp³-hybridized carbons (Fsp3) is 0.739. The van der Waals surface area contributed by atoms with Crippen molar-refractivity contribution in [2.24, 2.45) is 17.8 Å². The largest absolute Gasteiger partial charge is 0.357 e. The minimum Gasteiger partial charge on any atom is -0.357 e. The van der Waals surface area contributed by atoms with Crippen LogP contribution in [0.2, 0.25) is 0 Å². The number of carbonyl (C=O) groups is 2. The summed E-state index contributed by atoms with van der Waals surface area (Å²) in [5, 5.41) is 0. The molecule has 0 spiro atoms. The number of fused-ring (bicyclic) bond motifs is 4. The van der Waals surface area contributed by atoms with Gasteiger partial charge >= 0.3 is 0 Å². The number of hydrogen-bond acceptors (Lipinski definition) is 2. The number of rotatable bonds is 3. The van der Waals surface area contributed by atoms with Crippen LogP contribution in [-0.4, -0.2) is 51.8 Å². The molecule has 0 unspecified atom stereocenters. The molecule has 1 aromatic heterocycles. The van der Waals surface area contributed by atoms with Crippen LogP contribution in [0.4, 0.5) is 0 Å². The van der Waals surface area contributed by atoms with Gasteiger partial charge < -0.3 is 14.8 Å². The number of amides is 2. The standard InChI is InChI=1S/C23H33N3O2/c27-22-10-4-9-20-17-13-18(15-25(14-17)23(28)19-8-5-11-24-19)21(26(20)22)12-16-6-2-1-3-7-16/h5,8,11,16-18,20-21,24H,1-4,6-7,9-10,12-15H2/t17-,18+,20+,21+/m1/s1. The van der Waals surface area contributed by atoms with Crippen LogP contribution < -0.4 is 0 Å². The third-order valence-electron chi connectivity index (χ3n) is 7.91. The van der Waals surface area contributed by atoms with Crippen LogP contribution in [0.3, 0.4) is 0 Å². The van der Waals surface area contributed by atoms with E-state index >= 15 is 0 Å². The van der Waals surface area contributed by atoms with Crippen molar-refractivity contribution in [1.82, 2.24) is 14.8 Å². The van der Waals surface area contributed by atoms with E-state index in [0.29, 0.717) is 35.5 Å². The summed E-state index contributed by atoms with van der Waals surface area (Å²) in [6.45, 7) is 1.61. The molecule has 3 saturated heterocycles. The van der Waals surface area contributed by atoms with Crippen molar-refractivity contribution in [3.63, 3.8) is 0 Å². The lowest BCUT2D eigenvalue weighted by molar-refractivity contribution is -0.153. The highest BCUT2D eigenvalue weighted by Crippen LogP contribution is 2.44. The fourth-order valence-electron chi connectivity index (χ4n) is 6.64. The molecule has 1 N–H and O–H groups in total. The third-order valence-corrected chi connectivity index (χ3v) is 7.91. The first-order chi connectivity index (χ1) is 13.7. The molecule has 5 heteroatoms. The minimum absolute atomic E-state index is 0.131. The van der Waals surface area contributed by atoms with Gasteiger partial charge in [0.25, 0.3) is 5.91 Å². The van der Waals surface area contributed by atoms with E-state index in [1.807, 2.05) is 18.3 Å². The van der Waals surface area contributed by atoms with Crippen molar-refractivity contribution in [2.45, 2.75) is 76.3 Å². The molecule has 0 aromatic carbocycles. The predicted octanol–water partition coefficient (Wildman–Crippen LogP) is 3.83. The van der Waals surface area contributed by atoms with Gasteiger partial charge in [0.15, 0.2) is 0 Å². The van der Waals surface area contributed by atoms with Crippen LogP contribution in [0, 0.1) is 17.8 Å². The summed E-state index contributed by atoms with van der Waals surface area (Å²) < 4.78 is 0. The van der Waals surface area contributed by atoms with E-state index in [1.165, 1.54) is 38.5 Å². The Labute approximate surface area is 167 Å². The van der Waals surface area contributed by atoms with Crippen molar-refractivity contribution >= 4 is 11.8 Å². The highest BCUT2D eigenvalue weighted by molar-refractivity contribution is 5.92. The van der Waals surface area contributed by atoms with Crippen LogP contribution in [0.5, 0.6) is 0 Å². The summed E-state index contributed by atoms with van der Waals surface area (Å²) in [7, 11) is 0. The van der Waals surface area contributed by atoms with E-state index in [1.54, 1.807) is 0 Å². The fourth-order valence-corrected chi connectivity index (χ4v) is 6.64. The number of piperidine rings is 3. The topological polar surface area (TPSA) is 56.4 Å². The van der Waals surface area contributed by atoms with Gasteiger partial charge in [0.1, 0.15) is 5.69 Å².